The van der Waals surface area contributed by atoms with Crippen molar-refractivity contribution >= 4 is 12.1 Å². The minimum atomic E-state index is -0.903. The van der Waals surface area contributed by atoms with Crippen LogP contribution in [0.15, 0.2) is 0 Å². The number of carboxylic acid groups (broad SMARTS) is 1. The van der Waals surface area contributed by atoms with Gasteiger partial charge in [0.2, 0.25) is 0 Å². The second-order valence-electron chi connectivity index (χ2n) is 4.28. The van der Waals surface area contributed by atoms with Crippen LogP contribution in [0.2, 0.25) is 0 Å². The summed E-state index contributed by atoms with van der Waals surface area (Å²) < 4.78 is 0. The van der Waals surface area contributed by atoms with E-state index >= 15 is 0 Å². The van der Waals surface area contributed by atoms with Crippen LogP contribution in [-0.2, 0) is 0 Å². The Bertz CT molecular complexity index is 296. The minimum absolute atomic E-state index is 0.0385. The van der Waals surface area contributed by atoms with E-state index in [4.69, 9.17) is 5.11 Å². The highest BCUT2D eigenvalue weighted by Crippen LogP contribution is 2.06. The summed E-state index contributed by atoms with van der Waals surface area (Å²) in [5, 5.41) is 12.0. The second kappa shape index (κ2) is 5.22. The van der Waals surface area contributed by atoms with Crippen molar-refractivity contribution in [3.05, 3.63) is 0 Å². The molecule has 2 saturated heterocycles. The number of hydrogen-bond donors (Lipinski definition) is 2. The third-order valence-corrected chi connectivity index (χ3v) is 3.21. The molecule has 2 aliphatic heterocycles. The Hall–Kier alpha value is -1.50. The molecule has 2 aliphatic rings. The highest BCUT2D eigenvalue weighted by atomic mass is 16.4. The van der Waals surface area contributed by atoms with Crippen LogP contribution in [0.4, 0.5) is 9.59 Å². The van der Waals surface area contributed by atoms with Gasteiger partial charge < -0.3 is 25.1 Å². The van der Waals surface area contributed by atoms with E-state index in [1.165, 1.54) is 4.90 Å². The summed E-state index contributed by atoms with van der Waals surface area (Å²) in [4.78, 5) is 27.7. The average Bonchev–Trinajstić information content (AvgIpc) is 2.39. The molecule has 0 unspecified atom stereocenters. The highest BCUT2D eigenvalue weighted by Gasteiger charge is 2.27. The smallest absolute Gasteiger partial charge is 0.407 e. The molecule has 0 spiro atoms. The Balaban J connectivity index is 1.83. The molecule has 7 nitrogen and oxygen atoms in total. The predicted octanol–water partition coefficient (Wildman–Crippen LogP) is -0.693. The van der Waals surface area contributed by atoms with Crippen LogP contribution in [0.3, 0.4) is 0 Å². The summed E-state index contributed by atoms with van der Waals surface area (Å²) in [5.74, 6) is 0. The van der Waals surface area contributed by atoms with Crippen molar-refractivity contribution in [3.8, 4) is 0 Å². The Morgan fingerprint density at radius 2 is 1.29 bits per heavy atom. The van der Waals surface area contributed by atoms with Gasteiger partial charge in [-0.2, -0.15) is 0 Å². The van der Waals surface area contributed by atoms with Crippen molar-refractivity contribution in [2.45, 2.75) is 0 Å². The van der Waals surface area contributed by atoms with Gasteiger partial charge in [-0.25, -0.2) is 9.59 Å². The molecule has 0 aromatic heterocycles. The molecule has 2 heterocycles. The maximum atomic E-state index is 12.1. The maximum absolute atomic E-state index is 12.1. The molecular weight excluding hydrogens is 224 g/mol. The number of urea groups is 1. The van der Waals surface area contributed by atoms with Crippen LogP contribution in [0.5, 0.6) is 0 Å². The maximum Gasteiger partial charge on any atom is 0.407 e. The molecule has 0 radical (unpaired) electrons. The topological polar surface area (TPSA) is 76.1 Å². The molecule has 0 aromatic rings. The van der Waals surface area contributed by atoms with Crippen molar-refractivity contribution in [3.63, 3.8) is 0 Å². The molecule has 3 amide bonds. The zero-order valence-corrected chi connectivity index (χ0v) is 9.76. The predicted molar refractivity (Wildman–Crippen MR) is 61.0 cm³/mol. The summed E-state index contributed by atoms with van der Waals surface area (Å²) in [7, 11) is 0. The number of nitrogens with zero attached hydrogens (tertiary/aromatic N) is 3. The fraction of sp³-hybridized carbons (Fsp3) is 0.800. The average molecular weight is 242 g/mol. The van der Waals surface area contributed by atoms with Crippen molar-refractivity contribution in [2.75, 3.05) is 52.4 Å². The van der Waals surface area contributed by atoms with Gasteiger partial charge in [0, 0.05) is 52.4 Å². The SMILES string of the molecule is O=C(O)N1CCN(C(=O)N2CCNCC2)CC1. The third kappa shape index (κ3) is 2.79. The van der Waals surface area contributed by atoms with Crippen molar-refractivity contribution in [2.24, 2.45) is 0 Å². The molecule has 2 fully saturated rings. The number of amides is 3. The van der Waals surface area contributed by atoms with Gasteiger partial charge >= 0.3 is 12.1 Å². The van der Waals surface area contributed by atoms with E-state index in [1.807, 2.05) is 4.90 Å². The molecule has 0 aromatic carbocycles. The number of hydrogen-bond acceptors (Lipinski definition) is 3. The van der Waals surface area contributed by atoms with Crippen molar-refractivity contribution in [1.82, 2.24) is 20.0 Å². The lowest BCUT2D eigenvalue weighted by molar-refractivity contribution is 0.0970. The Kier molecular flexibility index (Phi) is 3.68. The first-order valence-electron chi connectivity index (χ1n) is 5.91. The fourth-order valence-corrected chi connectivity index (χ4v) is 2.15. The van der Waals surface area contributed by atoms with E-state index in [0.717, 1.165) is 26.2 Å². The molecule has 96 valence electrons. The van der Waals surface area contributed by atoms with E-state index in [2.05, 4.69) is 5.32 Å². The van der Waals surface area contributed by atoms with Crippen molar-refractivity contribution in [1.29, 1.82) is 0 Å². The first kappa shape index (κ1) is 12.0. The molecule has 0 atom stereocenters. The first-order valence-corrected chi connectivity index (χ1v) is 5.91. The van der Waals surface area contributed by atoms with Gasteiger partial charge in [0.05, 0.1) is 0 Å². The number of carbonyl (C=O) groups excluding carboxylic acids is 1. The molecule has 7 heteroatoms. The molecule has 2 rings (SSSR count). The van der Waals surface area contributed by atoms with Crippen LogP contribution in [0, 0.1) is 0 Å². The first-order chi connectivity index (χ1) is 8.18. The lowest BCUT2D eigenvalue weighted by Gasteiger charge is -2.37. The van der Waals surface area contributed by atoms with Crippen molar-refractivity contribution < 1.29 is 14.7 Å². The third-order valence-electron chi connectivity index (χ3n) is 3.21. The number of piperazine rings is 2. The van der Waals surface area contributed by atoms with E-state index in [9.17, 15) is 9.59 Å². The minimum Gasteiger partial charge on any atom is -0.465 e. The molecule has 0 bridgehead atoms. The van der Waals surface area contributed by atoms with Gasteiger partial charge in [-0.1, -0.05) is 0 Å². The second-order valence-corrected chi connectivity index (χ2v) is 4.28. The quantitative estimate of drug-likeness (QED) is 0.589. The largest absolute Gasteiger partial charge is 0.465 e. The normalized spacial score (nSPS) is 21.5. The van der Waals surface area contributed by atoms with Crippen LogP contribution >= 0.6 is 0 Å². The van der Waals surface area contributed by atoms with Crippen LogP contribution in [0.25, 0.3) is 0 Å². The number of rotatable bonds is 0. The van der Waals surface area contributed by atoms with Gasteiger partial charge in [-0.05, 0) is 0 Å². The Morgan fingerprint density at radius 1 is 0.824 bits per heavy atom. The van der Waals surface area contributed by atoms with Crippen LogP contribution < -0.4 is 5.32 Å². The van der Waals surface area contributed by atoms with Crippen LogP contribution in [0.1, 0.15) is 0 Å². The summed E-state index contributed by atoms with van der Waals surface area (Å²) in [5.41, 5.74) is 0. The van der Waals surface area contributed by atoms with Gasteiger partial charge in [0.15, 0.2) is 0 Å². The Labute approximate surface area is 100.0 Å². The number of carbonyl (C=O) groups is 2. The van der Waals surface area contributed by atoms with E-state index in [-0.39, 0.29) is 6.03 Å². The lowest BCUT2D eigenvalue weighted by Crippen LogP contribution is -2.56. The summed E-state index contributed by atoms with van der Waals surface area (Å²) >= 11 is 0. The lowest BCUT2D eigenvalue weighted by atomic mass is 10.3. The summed E-state index contributed by atoms with van der Waals surface area (Å²) in [6, 6.07) is 0.0385. The van der Waals surface area contributed by atoms with Gasteiger partial charge in [0.1, 0.15) is 0 Å². The molecule has 2 N–H and O–H groups in total. The molecule has 0 saturated carbocycles. The summed E-state index contributed by atoms with van der Waals surface area (Å²) in [6.45, 7) is 4.95. The van der Waals surface area contributed by atoms with Crippen LogP contribution in [-0.4, -0.2) is 84.3 Å². The van der Waals surface area contributed by atoms with Gasteiger partial charge in [-0.3, -0.25) is 0 Å². The van der Waals surface area contributed by atoms with Gasteiger partial charge in [0.25, 0.3) is 0 Å². The molecule has 0 aliphatic carbocycles. The van der Waals surface area contributed by atoms with E-state index in [0.29, 0.717) is 26.2 Å². The zero-order chi connectivity index (χ0) is 12.3. The Morgan fingerprint density at radius 3 is 1.82 bits per heavy atom. The zero-order valence-electron chi connectivity index (χ0n) is 9.76. The number of nitrogens with one attached hydrogen (secondary N) is 1. The van der Waals surface area contributed by atoms with E-state index in [1.54, 1.807) is 4.90 Å². The molecule has 17 heavy (non-hydrogen) atoms. The molecular formula is C10H18N4O3. The highest BCUT2D eigenvalue weighted by molar-refractivity contribution is 5.75. The fourth-order valence-electron chi connectivity index (χ4n) is 2.15. The van der Waals surface area contributed by atoms with E-state index < -0.39 is 6.09 Å². The standard InChI is InChI=1S/C10H18N4O3/c15-9(12-3-1-11-2-4-12)13-5-7-14(8-6-13)10(16)17/h11H,1-8H2,(H,16,17). The van der Waals surface area contributed by atoms with Gasteiger partial charge in [-0.15, -0.1) is 0 Å². The monoisotopic (exact) mass is 242 g/mol. The summed E-state index contributed by atoms with van der Waals surface area (Å²) in [6.07, 6.45) is -0.903.